The van der Waals surface area contributed by atoms with Crippen molar-refractivity contribution in [1.82, 2.24) is 10.3 Å². The molecule has 1 heterocycles. The van der Waals surface area contributed by atoms with Crippen LogP contribution >= 0.6 is 11.3 Å². The Hall–Kier alpha value is -2.73. The molecule has 1 N–H and O–H groups in total. The summed E-state index contributed by atoms with van der Waals surface area (Å²) in [6.45, 7) is 5.47. The van der Waals surface area contributed by atoms with E-state index in [0.717, 1.165) is 27.2 Å². The van der Waals surface area contributed by atoms with Gasteiger partial charge in [-0.1, -0.05) is 49.4 Å². The van der Waals surface area contributed by atoms with E-state index in [1.807, 2.05) is 75.4 Å². The summed E-state index contributed by atoms with van der Waals surface area (Å²) in [5, 5.41) is 3.68. The Kier molecular flexibility index (Phi) is 6.64. The molecule has 3 aromatic rings. The lowest BCUT2D eigenvalue weighted by atomic mass is 9.79. The molecule has 0 unspecified atom stereocenters. The van der Waals surface area contributed by atoms with E-state index in [1.54, 1.807) is 11.3 Å². The Bertz CT molecular complexity index is 953. The molecule has 1 aromatic heterocycles. The highest BCUT2D eigenvalue weighted by Gasteiger charge is 2.38. The number of rotatable bonds is 8. The van der Waals surface area contributed by atoms with Gasteiger partial charge in [0.1, 0.15) is 0 Å². The minimum absolute atomic E-state index is 0.0458. The Balaban J connectivity index is 1.82. The van der Waals surface area contributed by atoms with E-state index in [0.29, 0.717) is 6.42 Å². The smallest absolute Gasteiger partial charge is 0.317 e. The third-order valence-corrected chi connectivity index (χ3v) is 6.09. The predicted octanol–water partition coefficient (Wildman–Crippen LogP) is 4.25. The Morgan fingerprint density at radius 2 is 1.83 bits per heavy atom. The zero-order valence-corrected chi connectivity index (χ0v) is 17.8. The summed E-state index contributed by atoms with van der Waals surface area (Å²) >= 11 is 1.57. The van der Waals surface area contributed by atoms with Crippen LogP contribution in [0.25, 0.3) is 10.2 Å². The highest BCUT2D eigenvalue weighted by Crippen LogP contribution is 2.33. The average Bonchev–Trinajstić information content (AvgIpc) is 3.14. The summed E-state index contributed by atoms with van der Waals surface area (Å²) in [5.41, 5.74) is 0.821. The van der Waals surface area contributed by atoms with Crippen molar-refractivity contribution in [2.24, 2.45) is 0 Å². The summed E-state index contributed by atoms with van der Waals surface area (Å²) in [5.74, 6) is -0.717. The molecule has 0 bridgehead atoms. The van der Waals surface area contributed by atoms with E-state index in [1.165, 1.54) is 0 Å². The number of para-hydroxylation sites is 1. The van der Waals surface area contributed by atoms with Gasteiger partial charge in [-0.25, -0.2) is 4.98 Å². The molecular formula is C23H26N2O3S. The first-order valence-electron chi connectivity index (χ1n) is 9.79. The molecule has 0 fully saturated rings. The normalized spacial score (nSPS) is 14.2. The van der Waals surface area contributed by atoms with Crippen LogP contribution in [0.4, 0.5) is 0 Å². The van der Waals surface area contributed by atoms with E-state index >= 15 is 0 Å². The second-order valence-corrected chi connectivity index (χ2v) is 8.52. The molecular weight excluding hydrogens is 384 g/mol. The summed E-state index contributed by atoms with van der Waals surface area (Å²) in [6, 6.07) is 17.5. The second-order valence-electron chi connectivity index (χ2n) is 7.40. The monoisotopic (exact) mass is 410 g/mol. The summed E-state index contributed by atoms with van der Waals surface area (Å²) in [6.07, 6.45) is 1.22. The number of aromatic nitrogens is 1. The van der Waals surface area contributed by atoms with Crippen LogP contribution in [0, 0.1) is 0 Å². The van der Waals surface area contributed by atoms with Gasteiger partial charge in [-0.3, -0.25) is 9.59 Å². The number of nitrogens with zero attached hydrogens (tertiary/aromatic N) is 1. The fourth-order valence-electron chi connectivity index (χ4n) is 3.11. The Morgan fingerprint density at radius 1 is 1.14 bits per heavy atom. The van der Waals surface area contributed by atoms with Gasteiger partial charge in [-0.15, -0.1) is 11.3 Å². The highest BCUT2D eigenvalue weighted by molar-refractivity contribution is 7.18. The fraction of sp³-hybridized carbons (Fsp3) is 0.348. The van der Waals surface area contributed by atoms with E-state index in [4.69, 9.17) is 4.74 Å². The van der Waals surface area contributed by atoms with Crippen LogP contribution in [0.1, 0.15) is 37.8 Å². The third-order valence-electron chi connectivity index (χ3n) is 5.06. The molecule has 2 atom stereocenters. The summed E-state index contributed by atoms with van der Waals surface area (Å²) < 4.78 is 6.52. The maximum Gasteiger partial charge on any atom is 0.317 e. The van der Waals surface area contributed by atoms with Crippen LogP contribution in [0.15, 0.2) is 54.6 Å². The molecule has 6 heteroatoms. The third kappa shape index (κ3) is 5.01. The van der Waals surface area contributed by atoms with Crippen molar-refractivity contribution in [1.29, 1.82) is 0 Å². The van der Waals surface area contributed by atoms with Gasteiger partial charge in [0, 0.05) is 12.5 Å². The van der Waals surface area contributed by atoms with E-state index < -0.39 is 11.4 Å². The SMILES string of the molecule is CC[C@H](C)NC(=O)COC(=O)[C@@](C)(Cc1nc2ccccc2s1)c1ccccc1. The zero-order valence-electron chi connectivity index (χ0n) is 17.0. The Morgan fingerprint density at radius 3 is 2.52 bits per heavy atom. The number of benzene rings is 2. The Labute approximate surface area is 175 Å². The van der Waals surface area contributed by atoms with Crippen molar-refractivity contribution >= 4 is 33.4 Å². The quantitative estimate of drug-likeness (QED) is 0.564. The molecule has 0 spiro atoms. The number of ether oxygens (including phenoxy) is 1. The average molecular weight is 411 g/mol. The number of carbonyl (C=O) groups excluding carboxylic acids is 2. The molecule has 3 rings (SSSR count). The first kappa shape index (κ1) is 21.0. The fourth-order valence-corrected chi connectivity index (χ4v) is 4.23. The summed E-state index contributed by atoms with van der Waals surface area (Å²) in [4.78, 5) is 29.9. The maximum atomic E-state index is 13.1. The largest absolute Gasteiger partial charge is 0.455 e. The van der Waals surface area contributed by atoms with Crippen molar-refractivity contribution in [2.75, 3.05) is 6.61 Å². The van der Waals surface area contributed by atoms with Gasteiger partial charge < -0.3 is 10.1 Å². The highest BCUT2D eigenvalue weighted by atomic mass is 32.1. The molecule has 0 saturated heterocycles. The lowest BCUT2D eigenvalue weighted by molar-refractivity contribution is -0.154. The van der Waals surface area contributed by atoms with Crippen LogP contribution in [0.2, 0.25) is 0 Å². The van der Waals surface area contributed by atoms with E-state index in [2.05, 4.69) is 10.3 Å². The number of fused-ring (bicyclic) bond motifs is 1. The predicted molar refractivity (Wildman–Crippen MR) is 116 cm³/mol. The van der Waals surface area contributed by atoms with Crippen LogP contribution in [-0.4, -0.2) is 29.5 Å². The maximum absolute atomic E-state index is 13.1. The molecule has 29 heavy (non-hydrogen) atoms. The first-order valence-corrected chi connectivity index (χ1v) is 10.6. The molecule has 0 radical (unpaired) electrons. The molecule has 0 aliphatic carbocycles. The molecule has 152 valence electrons. The molecule has 0 aliphatic rings. The van der Waals surface area contributed by atoms with Crippen molar-refractivity contribution in [3.05, 3.63) is 65.2 Å². The molecule has 0 saturated carbocycles. The number of nitrogens with one attached hydrogen (secondary N) is 1. The minimum atomic E-state index is -0.939. The van der Waals surface area contributed by atoms with Gasteiger partial charge in [0.2, 0.25) is 0 Å². The number of hydrogen-bond donors (Lipinski definition) is 1. The van der Waals surface area contributed by atoms with Gasteiger partial charge in [0.05, 0.1) is 20.6 Å². The number of thiazole rings is 1. The van der Waals surface area contributed by atoms with Crippen LogP contribution in [0.5, 0.6) is 0 Å². The number of carbonyl (C=O) groups is 2. The van der Waals surface area contributed by atoms with Gasteiger partial charge >= 0.3 is 5.97 Å². The zero-order chi connectivity index (χ0) is 20.9. The number of hydrogen-bond acceptors (Lipinski definition) is 5. The summed E-state index contributed by atoms with van der Waals surface area (Å²) in [7, 11) is 0. The molecule has 2 aromatic carbocycles. The van der Waals surface area contributed by atoms with E-state index in [-0.39, 0.29) is 18.6 Å². The van der Waals surface area contributed by atoms with Crippen molar-refractivity contribution in [3.8, 4) is 0 Å². The minimum Gasteiger partial charge on any atom is -0.455 e. The topological polar surface area (TPSA) is 68.3 Å². The van der Waals surface area contributed by atoms with Crippen molar-refractivity contribution in [2.45, 2.75) is 45.1 Å². The first-order chi connectivity index (χ1) is 13.9. The van der Waals surface area contributed by atoms with Gasteiger partial charge in [-0.05, 0) is 38.0 Å². The van der Waals surface area contributed by atoms with Gasteiger partial charge in [0.15, 0.2) is 6.61 Å². The van der Waals surface area contributed by atoms with Gasteiger partial charge in [0.25, 0.3) is 5.91 Å². The van der Waals surface area contributed by atoms with Crippen molar-refractivity contribution in [3.63, 3.8) is 0 Å². The lowest BCUT2D eigenvalue weighted by Gasteiger charge is -2.27. The van der Waals surface area contributed by atoms with Crippen LogP contribution in [-0.2, 0) is 26.2 Å². The lowest BCUT2D eigenvalue weighted by Crippen LogP contribution is -2.40. The van der Waals surface area contributed by atoms with Crippen LogP contribution in [0.3, 0.4) is 0 Å². The van der Waals surface area contributed by atoms with Gasteiger partial charge in [-0.2, -0.15) is 0 Å². The van der Waals surface area contributed by atoms with Crippen LogP contribution < -0.4 is 5.32 Å². The standard InChI is InChI=1S/C23H26N2O3S/c1-4-16(2)24-20(26)15-28-22(27)23(3,17-10-6-5-7-11-17)14-21-25-18-12-8-9-13-19(18)29-21/h5-13,16H,4,14-15H2,1-3H3,(H,24,26)/t16-,23-/m0/s1. The second kappa shape index (κ2) is 9.18. The number of amides is 1. The molecule has 1 amide bonds. The molecule has 5 nitrogen and oxygen atoms in total. The van der Waals surface area contributed by atoms with E-state index in [9.17, 15) is 9.59 Å². The molecule has 0 aliphatic heterocycles. The number of esters is 1. The van der Waals surface area contributed by atoms with Crippen molar-refractivity contribution < 1.29 is 14.3 Å².